The number of rotatable bonds is 6. The van der Waals surface area contributed by atoms with Crippen molar-refractivity contribution < 1.29 is 23.8 Å². The minimum atomic E-state index is -0.947. The lowest BCUT2D eigenvalue weighted by Gasteiger charge is -2.12. The van der Waals surface area contributed by atoms with Crippen molar-refractivity contribution in [3.63, 3.8) is 0 Å². The van der Waals surface area contributed by atoms with Crippen molar-refractivity contribution in [1.29, 1.82) is 0 Å². The molecule has 6 nitrogen and oxygen atoms in total. The molecule has 0 heterocycles. The number of amides is 1. The van der Waals surface area contributed by atoms with Gasteiger partial charge < -0.3 is 10.6 Å². The monoisotopic (exact) mass is 350 g/mol. The Kier molecular flexibility index (Phi) is 5.76. The summed E-state index contributed by atoms with van der Waals surface area (Å²) in [5.41, 5.74) is 1.10. The average molecular weight is 350 g/mol. The first-order valence-electron chi connectivity index (χ1n) is 7.61. The number of nitro benzene ring substituents is 1. The predicted octanol–water partition coefficient (Wildman–Crippen LogP) is 2.44. The number of carbonyl (C=O) groups excluding carboxylic acids is 1. The molecule has 0 radical (unpaired) electrons. The molecule has 0 fully saturated rings. The first-order valence-corrected chi connectivity index (χ1v) is 7.61. The number of nitrogens with zero attached hydrogens (tertiary/aromatic N) is 1. The summed E-state index contributed by atoms with van der Waals surface area (Å²) < 4.78 is 26.2. The summed E-state index contributed by atoms with van der Waals surface area (Å²) in [5.74, 6) is -2.30. The minimum Gasteiger partial charge on any atom is -0.333 e. The number of hydrogen-bond acceptors (Lipinski definition) is 3. The maximum absolute atomic E-state index is 13.3. The molecule has 1 amide bonds. The molecular weight excluding hydrogens is 332 g/mol. The van der Waals surface area contributed by atoms with Crippen LogP contribution in [0.25, 0.3) is 0 Å². The van der Waals surface area contributed by atoms with E-state index >= 15 is 0 Å². The maximum Gasteiger partial charge on any atom is 0.293 e. The van der Waals surface area contributed by atoms with Gasteiger partial charge >= 0.3 is 0 Å². The van der Waals surface area contributed by atoms with Gasteiger partial charge in [-0.25, -0.2) is 8.78 Å². The average Bonchev–Trinajstić information content (AvgIpc) is 2.56. The number of halogens is 2. The molecule has 132 valence electrons. The number of nitro groups is 1. The fourth-order valence-corrected chi connectivity index (χ4v) is 2.37. The number of anilines is 1. The van der Waals surface area contributed by atoms with E-state index in [0.717, 1.165) is 12.1 Å². The van der Waals surface area contributed by atoms with Crippen molar-refractivity contribution in [3.05, 3.63) is 69.3 Å². The number of para-hydroxylation sites is 1. The number of nitrogens with one attached hydrogen (secondary N) is 1. The highest BCUT2D eigenvalue weighted by atomic mass is 19.2. The van der Waals surface area contributed by atoms with Crippen LogP contribution >= 0.6 is 0 Å². The maximum atomic E-state index is 13.3. The Hall–Kier alpha value is -2.87. The third-order valence-corrected chi connectivity index (χ3v) is 3.84. The molecule has 0 spiro atoms. The quantitative estimate of drug-likeness (QED) is 0.619. The predicted molar refractivity (Wildman–Crippen MR) is 88.0 cm³/mol. The second-order valence-corrected chi connectivity index (χ2v) is 5.68. The summed E-state index contributed by atoms with van der Waals surface area (Å²) in [6.07, 6.45) is 0. The van der Waals surface area contributed by atoms with Gasteiger partial charge in [0.25, 0.3) is 11.6 Å². The molecule has 25 heavy (non-hydrogen) atoms. The van der Waals surface area contributed by atoms with E-state index in [1.165, 1.54) is 12.1 Å². The van der Waals surface area contributed by atoms with E-state index in [4.69, 9.17) is 0 Å². The Morgan fingerprint density at radius 2 is 2.00 bits per heavy atom. The van der Waals surface area contributed by atoms with Crippen LogP contribution in [0.15, 0.2) is 36.4 Å². The lowest BCUT2D eigenvalue weighted by atomic mass is 10.1. The van der Waals surface area contributed by atoms with E-state index in [9.17, 15) is 23.7 Å². The smallest absolute Gasteiger partial charge is 0.293 e. The third kappa shape index (κ3) is 4.57. The standard InChI is InChI=1S/C17H17F2N3O3/c1-10-4-3-5-15(22(24)25)17(10)21-16(23)9-20-11(2)12-6-7-13(18)14(19)8-12/h3-8,11,20H,9H2,1-2H3,(H,21,23)/p+1/t11-/m0/s1. The molecule has 1 atom stereocenters. The van der Waals surface area contributed by atoms with Crippen LogP contribution in [0.4, 0.5) is 20.2 Å². The normalized spacial score (nSPS) is 11.8. The highest BCUT2D eigenvalue weighted by Crippen LogP contribution is 2.27. The lowest BCUT2D eigenvalue weighted by molar-refractivity contribution is -0.682. The van der Waals surface area contributed by atoms with Crippen LogP contribution < -0.4 is 10.6 Å². The van der Waals surface area contributed by atoms with E-state index in [0.29, 0.717) is 11.1 Å². The van der Waals surface area contributed by atoms with Crippen LogP contribution in [0, 0.1) is 28.7 Å². The molecule has 0 unspecified atom stereocenters. The van der Waals surface area contributed by atoms with E-state index in [-0.39, 0.29) is 24.0 Å². The number of nitrogens with two attached hydrogens (primary N) is 1. The van der Waals surface area contributed by atoms with Gasteiger partial charge in [0.05, 0.1) is 4.92 Å². The van der Waals surface area contributed by atoms with Gasteiger partial charge in [-0.15, -0.1) is 0 Å². The zero-order valence-corrected chi connectivity index (χ0v) is 13.8. The highest BCUT2D eigenvalue weighted by Gasteiger charge is 2.19. The zero-order valence-electron chi connectivity index (χ0n) is 13.8. The molecule has 0 aliphatic heterocycles. The van der Waals surface area contributed by atoms with Crippen LogP contribution in [0.5, 0.6) is 0 Å². The van der Waals surface area contributed by atoms with Gasteiger partial charge in [0.15, 0.2) is 18.2 Å². The third-order valence-electron chi connectivity index (χ3n) is 3.84. The Morgan fingerprint density at radius 3 is 2.64 bits per heavy atom. The Balaban J connectivity index is 2.01. The summed E-state index contributed by atoms with van der Waals surface area (Å²) in [7, 11) is 0. The summed E-state index contributed by atoms with van der Waals surface area (Å²) in [6.45, 7) is 3.39. The molecule has 0 aliphatic rings. The van der Waals surface area contributed by atoms with E-state index in [1.807, 2.05) is 0 Å². The molecule has 3 N–H and O–H groups in total. The molecule has 2 aromatic carbocycles. The van der Waals surface area contributed by atoms with Crippen molar-refractivity contribution in [2.24, 2.45) is 0 Å². The summed E-state index contributed by atoms with van der Waals surface area (Å²) >= 11 is 0. The number of hydrogen-bond donors (Lipinski definition) is 2. The number of benzene rings is 2. The Bertz CT molecular complexity index is 812. The Morgan fingerprint density at radius 1 is 1.28 bits per heavy atom. The summed E-state index contributed by atoms with van der Waals surface area (Å²) in [4.78, 5) is 22.6. The first-order chi connectivity index (χ1) is 11.8. The second kappa shape index (κ2) is 7.80. The van der Waals surface area contributed by atoms with Crippen molar-refractivity contribution in [1.82, 2.24) is 0 Å². The van der Waals surface area contributed by atoms with Crippen LogP contribution in [0.2, 0.25) is 0 Å². The molecule has 2 rings (SSSR count). The van der Waals surface area contributed by atoms with Crippen molar-refractivity contribution in [3.8, 4) is 0 Å². The fourth-order valence-electron chi connectivity index (χ4n) is 2.37. The fraction of sp³-hybridized carbons (Fsp3) is 0.235. The molecule has 2 aromatic rings. The molecule has 0 saturated carbocycles. The van der Waals surface area contributed by atoms with E-state index in [1.54, 1.807) is 31.3 Å². The first kappa shape index (κ1) is 18.5. The zero-order chi connectivity index (χ0) is 18.6. The molecule has 0 saturated heterocycles. The van der Waals surface area contributed by atoms with E-state index < -0.39 is 22.5 Å². The number of carbonyl (C=O) groups is 1. The Labute approximate surface area is 143 Å². The molecule has 0 bridgehead atoms. The van der Waals surface area contributed by atoms with Crippen molar-refractivity contribution in [2.45, 2.75) is 19.9 Å². The van der Waals surface area contributed by atoms with Gasteiger partial charge in [0, 0.05) is 11.6 Å². The largest absolute Gasteiger partial charge is 0.333 e. The molecule has 8 heteroatoms. The second-order valence-electron chi connectivity index (χ2n) is 5.68. The molecular formula is C17H18F2N3O3+. The summed E-state index contributed by atoms with van der Waals surface area (Å²) in [6, 6.07) is 7.80. The van der Waals surface area contributed by atoms with Gasteiger partial charge in [0.1, 0.15) is 11.7 Å². The van der Waals surface area contributed by atoms with Crippen LogP contribution in [0.3, 0.4) is 0 Å². The van der Waals surface area contributed by atoms with Crippen LogP contribution in [-0.2, 0) is 4.79 Å². The van der Waals surface area contributed by atoms with Gasteiger partial charge in [-0.1, -0.05) is 12.1 Å². The number of aryl methyl sites for hydroxylation is 1. The van der Waals surface area contributed by atoms with Gasteiger partial charge in [-0.05, 0) is 37.6 Å². The molecule has 0 aromatic heterocycles. The van der Waals surface area contributed by atoms with Crippen LogP contribution in [-0.4, -0.2) is 17.4 Å². The topological polar surface area (TPSA) is 88.9 Å². The highest BCUT2D eigenvalue weighted by molar-refractivity contribution is 5.94. The lowest BCUT2D eigenvalue weighted by Crippen LogP contribution is -2.86. The van der Waals surface area contributed by atoms with Gasteiger partial charge in [0.2, 0.25) is 0 Å². The number of quaternary nitrogens is 1. The van der Waals surface area contributed by atoms with Crippen LogP contribution in [0.1, 0.15) is 24.1 Å². The van der Waals surface area contributed by atoms with E-state index in [2.05, 4.69) is 5.32 Å². The van der Waals surface area contributed by atoms with Gasteiger partial charge in [-0.2, -0.15) is 0 Å². The van der Waals surface area contributed by atoms with Crippen molar-refractivity contribution in [2.75, 3.05) is 11.9 Å². The SMILES string of the molecule is Cc1cccc([N+](=O)[O-])c1NC(=O)C[NH2+][C@@H](C)c1ccc(F)c(F)c1. The minimum absolute atomic E-state index is 0.0222. The van der Waals surface area contributed by atoms with Gasteiger partial charge in [-0.3, -0.25) is 14.9 Å². The van der Waals surface area contributed by atoms with Crippen molar-refractivity contribution >= 4 is 17.3 Å². The molecule has 0 aliphatic carbocycles. The summed E-state index contributed by atoms with van der Waals surface area (Å²) in [5, 5.41) is 15.2.